The summed E-state index contributed by atoms with van der Waals surface area (Å²) >= 11 is 5.82. The van der Waals surface area contributed by atoms with Gasteiger partial charge in [0, 0.05) is 22.5 Å². The Labute approximate surface area is 141 Å². The standard InChI is InChI=1S/C18H21ClN2O2/c1-13(2)12-23-17-5-3-4-16(10-17)21-18(22)11-20-15-8-6-14(19)7-9-15/h3-10,13,20H,11-12H2,1-2H3,(H,21,22). The number of nitrogens with one attached hydrogen (secondary N) is 2. The zero-order valence-corrected chi connectivity index (χ0v) is 14.1. The van der Waals surface area contributed by atoms with Gasteiger partial charge in [-0.05, 0) is 42.3 Å². The van der Waals surface area contributed by atoms with Gasteiger partial charge in [-0.15, -0.1) is 0 Å². The van der Waals surface area contributed by atoms with Crippen molar-refractivity contribution < 1.29 is 9.53 Å². The van der Waals surface area contributed by atoms with Crippen LogP contribution in [0.25, 0.3) is 0 Å². The molecule has 5 heteroatoms. The van der Waals surface area contributed by atoms with Crippen LogP contribution < -0.4 is 15.4 Å². The lowest BCUT2D eigenvalue weighted by Crippen LogP contribution is -2.21. The summed E-state index contributed by atoms with van der Waals surface area (Å²) in [7, 11) is 0. The summed E-state index contributed by atoms with van der Waals surface area (Å²) in [6.07, 6.45) is 0. The summed E-state index contributed by atoms with van der Waals surface area (Å²) in [5.74, 6) is 1.08. The van der Waals surface area contributed by atoms with E-state index in [4.69, 9.17) is 16.3 Å². The van der Waals surface area contributed by atoms with E-state index in [1.54, 1.807) is 12.1 Å². The number of rotatable bonds is 7. The van der Waals surface area contributed by atoms with Gasteiger partial charge in [-0.2, -0.15) is 0 Å². The van der Waals surface area contributed by atoms with E-state index in [1.165, 1.54) is 0 Å². The third kappa shape index (κ3) is 6.20. The number of carbonyl (C=O) groups excluding carboxylic acids is 1. The lowest BCUT2D eigenvalue weighted by molar-refractivity contribution is -0.114. The lowest BCUT2D eigenvalue weighted by atomic mass is 10.2. The first-order valence-corrected chi connectivity index (χ1v) is 7.93. The maximum Gasteiger partial charge on any atom is 0.243 e. The summed E-state index contributed by atoms with van der Waals surface area (Å²) in [6.45, 7) is 5.01. The van der Waals surface area contributed by atoms with Gasteiger partial charge in [-0.25, -0.2) is 0 Å². The van der Waals surface area contributed by atoms with Crippen molar-refractivity contribution in [1.82, 2.24) is 0 Å². The second-order valence-electron chi connectivity index (χ2n) is 5.64. The van der Waals surface area contributed by atoms with Crippen molar-refractivity contribution in [3.63, 3.8) is 0 Å². The summed E-state index contributed by atoms with van der Waals surface area (Å²) in [6, 6.07) is 14.6. The van der Waals surface area contributed by atoms with Crippen LogP contribution in [0, 0.1) is 5.92 Å². The fourth-order valence-electron chi connectivity index (χ4n) is 1.88. The first-order valence-electron chi connectivity index (χ1n) is 7.55. The van der Waals surface area contributed by atoms with E-state index >= 15 is 0 Å². The second kappa shape index (κ2) is 8.44. The van der Waals surface area contributed by atoms with Gasteiger partial charge >= 0.3 is 0 Å². The van der Waals surface area contributed by atoms with Crippen LogP contribution in [0.15, 0.2) is 48.5 Å². The molecule has 0 radical (unpaired) electrons. The molecule has 0 fully saturated rings. The van der Waals surface area contributed by atoms with Gasteiger partial charge in [0.05, 0.1) is 13.2 Å². The molecular formula is C18H21ClN2O2. The van der Waals surface area contributed by atoms with E-state index in [-0.39, 0.29) is 12.5 Å². The fourth-order valence-corrected chi connectivity index (χ4v) is 2.01. The molecule has 122 valence electrons. The maximum atomic E-state index is 12.0. The minimum atomic E-state index is -0.124. The highest BCUT2D eigenvalue weighted by Gasteiger charge is 2.04. The Bertz CT molecular complexity index is 642. The average molecular weight is 333 g/mol. The first kappa shape index (κ1) is 17.2. The Hall–Kier alpha value is -2.20. The third-order valence-corrected chi connectivity index (χ3v) is 3.25. The molecule has 0 bridgehead atoms. The molecule has 0 atom stereocenters. The van der Waals surface area contributed by atoms with Crippen LogP contribution in [0.1, 0.15) is 13.8 Å². The van der Waals surface area contributed by atoms with Crippen molar-refractivity contribution >= 4 is 28.9 Å². The fraction of sp³-hybridized carbons (Fsp3) is 0.278. The normalized spacial score (nSPS) is 10.4. The van der Waals surface area contributed by atoms with Gasteiger partial charge in [-0.3, -0.25) is 4.79 Å². The van der Waals surface area contributed by atoms with Crippen molar-refractivity contribution in [1.29, 1.82) is 0 Å². The SMILES string of the molecule is CC(C)COc1cccc(NC(=O)CNc2ccc(Cl)cc2)c1. The minimum absolute atomic E-state index is 0.124. The highest BCUT2D eigenvalue weighted by Crippen LogP contribution is 2.18. The van der Waals surface area contributed by atoms with Gasteiger partial charge in [0.1, 0.15) is 5.75 Å². The second-order valence-corrected chi connectivity index (χ2v) is 6.08. The molecule has 2 aromatic rings. The van der Waals surface area contributed by atoms with Crippen LogP contribution in [0.2, 0.25) is 5.02 Å². The van der Waals surface area contributed by atoms with Crippen molar-refractivity contribution in [2.45, 2.75) is 13.8 Å². The zero-order chi connectivity index (χ0) is 16.7. The van der Waals surface area contributed by atoms with Crippen molar-refractivity contribution in [3.05, 3.63) is 53.6 Å². The molecule has 0 aliphatic carbocycles. The Morgan fingerprint density at radius 3 is 2.57 bits per heavy atom. The number of benzene rings is 2. The minimum Gasteiger partial charge on any atom is -0.493 e. The van der Waals surface area contributed by atoms with Crippen molar-refractivity contribution in [2.75, 3.05) is 23.8 Å². The molecule has 0 aliphatic heterocycles. The monoisotopic (exact) mass is 332 g/mol. The maximum absolute atomic E-state index is 12.0. The van der Waals surface area contributed by atoms with Gasteiger partial charge in [0.2, 0.25) is 5.91 Å². The number of anilines is 2. The Balaban J connectivity index is 1.84. The van der Waals surface area contributed by atoms with Crippen LogP contribution in [0.4, 0.5) is 11.4 Å². The Morgan fingerprint density at radius 2 is 1.87 bits per heavy atom. The molecule has 0 saturated carbocycles. The van der Waals surface area contributed by atoms with Gasteiger partial charge < -0.3 is 15.4 Å². The molecule has 0 saturated heterocycles. The molecule has 0 heterocycles. The van der Waals surface area contributed by atoms with Gasteiger partial charge in [0.25, 0.3) is 0 Å². The first-order chi connectivity index (χ1) is 11.0. The molecule has 0 spiro atoms. The number of ether oxygens (including phenoxy) is 1. The topological polar surface area (TPSA) is 50.4 Å². The molecule has 0 aromatic heterocycles. The number of carbonyl (C=O) groups is 1. The van der Waals surface area contributed by atoms with E-state index in [2.05, 4.69) is 24.5 Å². The van der Waals surface area contributed by atoms with Crippen molar-refractivity contribution in [2.24, 2.45) is 5.92 Å². The van der Waals surface area contributed by atoms with Crippen LogP contribution in [-0.2, 0) is 4.79 Å². The molecule has 0 unspecified atom stereocenters. The highest BCUT2D eigenvalue weighted by molar-refractivity contribution is 6.30. The van der Waals surface area contributed by atoms with Crippen LogP contribution in [0.3, 0.4) is 0 Å². The largest absolute Gasteiger partial charge is 0.493 e. The summed E-state index contributed by atoms with van der Waals surface area (Å²) in [5.41, 5.74) is 1.56. The van der Waals surface area contributed by atoms with E-state index in [9.17, 15) is 4.79 Å². The number of amides is 1. The van der Waals surface area contributed by atoms with E-state index in [1.807, 2.05) is 36.4 Å². The van der Waals surface area contributed by atoms with E-state index in [0.29, 0.717) is 23.2 Å². The summed E-state index contributed by atoms with van der Waals surface area (Å²) in [4.78, 5) is 12.0. The Kier molecular flexibility index (Phi) is 6.29. The summed E-state index contributed by atoms with van der Waals surface area (Å²) in [5, 5.41) is 6.55. The Morgan fingerprint density at radius 1 is 1.13 bits per heavy atom. The predicted molar refractivity (Wildman–Crippen MR) is 95.3 cm³/mol. The molecular weight excluding hydrogens is 312 g/mol. The van der Waals surface area contributed by atoms with Crippen LogP contribution in [0.5, 0.6) is 5.75 Å². The molecule has 0 aliphatic rings. The van der Waals surface area contributed by atoms with Crippen molar-refractivity contribution in [3.8, 4) is 5.75 Å². The zero-order valence-electron chi connectivity index (χ0n) is 13.3. The molecule has 1 amide bonds. The number of halogens is 1. The summed E-state index contributed by atoms with van der Waals surface area (Å²) < 4.78 is 5.65. The molecule has 2 aromatic carbocycles. The van der Waals surface area contributed by atoms with Gasteiger partial charge in [0.15, 0.2) is 0 Å². The van der Waals surface area contributed by atoms with Crippen LogP contribution in [-0.4, -0.2) is 19.1 Å². The average Bonchev–Trinajstić information content (AvgIpc) is 2.53. The number of hydrogen-bond acceptors (Lipinski definition) is 3. The predicted octanol–water partition coefficient (Wildman–Crippen LogP) is 4.43. The third-order valence-electron chi connectivity index (χ3n) is 3.00. The molecule has 4 nitrogen and oxygen atoms in total. The quantitative estimate of drug-likeness (QED) is 0.788. The molecule has 23 heavy (non-hydrogen) atoms. The van der Waals surface area contributed by atoms with Crippen LogP contribution >= 0.6 is 11.6 Å². The van der Waals surface area contributed by atoms with E-state index < -0.39 is 0 Å². The molecule has 2 rings (SSSR count). The van der Waals surface area contributed by atoms with E-state index in [0.717, 1.165) is 11.4 Å². The smallest absolute Gasteiger partial charge is 0.243 e. The molecule has 2 N–H and O–H groups in total. The van der Waals surface area contributed by atoms with Gasteiger partial charge in [-0.1, -0.05) is 31.5 Å². The lowest BCUT2D eigenvalue weighted by Gasteiger charge is -2.11. The number of hydrogen-bond donors (Lipinski definition) is 2. The highest BCUT2D eigenvalue weighted by atomic mass is 35.5.